The Labute approximate surface area is 197 Å². The molecule has 2 heterocycles. The van der Waals surface area contributed by atoms with Crippen LogP contribution in [0.15, 0.2) is 93.3 Å². The summed E-state index contributed by atoms with van der Waals surface area (Å²) in [5.74, 6) is 0.714. The molecule has 34 heavy (non-hydrogen) atoms. The van der Waals surface area contributed by atoms with E-state index >= 15 is 0 Å². The fourth-order valence-electron chi connectivity index (χ4n) is 3.48. The van der Waals surface area contributed by atoms with Gasteiger partial charge in [0.15, 0.2) is 5.69 Å². The SMILES string of the molecule is O=c1c2ccccc2c(-c2nnc(SCc3ccc([N+](=O)[O-])cc3)o2)nn1Cc1ccccc1. The lowest BCUT2D eigenvalue weighted by Gasteiger charge is -2.09. The molecule has 9 nitrogen and oxygen atoms in total. The van der Waals surface area contributed by atoms with Crippen molar-refractivity contribution in [2.45, 2.75) is 17.5 Å². The summed E-state index contributed by atoms with van der Waals surface area (Å²) in [6.07, 6.45) is 0. The molecule has 0 spiro atoms. The van der Waals surface area contributed by atoms with E-state index in [0.717, 1.165) is 11.1 Å². The van der Waals surface area contributed by atoms with Gasteiger partial charge in [-0.2, -0.15) is 5.10 Å². The largest absolute Gasteiger partial charge is 0.409 e. The highest BCUT2D eigenvalue weighted by atomic mass is 32.2. The van der Waals surface area contributed by atoms with Gasteiger partial charge in [0.05, 0.1) is 16.9 Å². The monoisotopic (exact) mass is 471 g/mol. The van der Waals surface area contributed by atoms with Crippen LogP contribution in [0.25, 0.3) is 22.4 Å². The van der Waals surface area contributed by atoms with Crippen molar-refractivity contribution in [2.24, 2.45) is 0 Å². The van der Waals surface area contributed by atoms with Crippen LogP contribution in [0.2, 0.25) is 0 Å². The molecule has 10 heteroatoms. The van der Waals surface area contributed by atoms with E-state index in [2.05, 4.69) is 15.3 Å². The maximum atomic E-state index is 13.0. The van der Waals surface area contributed by atoms with Gasteiger partial charge < -0.3 is 4.42 Å². The molecule has 0 unspecified atom stereocenters. The first-order valence-corrected chi connectivity index (χ1v) is 11.3. The summed E-state index contributed by atoms with van der Waals surface area (Å²) in [6, 6.07) is 23.1. The van der Waals surface area contributed by atoms with Gasteiger partial charge in [-0.05, 0) is 17.2 Å². The van der Waals surface area contributed by atoms with Crippen LogP contribution in [0, 0.1) is 10.1 Å². The zero-order valence-corrected chi connectivity index (χ0v) is 18.5. The van der Waals surface area contributed by atoms with Crippen molar-refractivity contribution >= 4 is 28.2 Å². The van der Waals surface area contributed by atoms with Gasteiger partial charge >= 0.3 is 0 Å². The third-order valence-electron chi connectivity index (χ3n) is 5.16. The Morgan fingerprint density at radius 1 is 0.882 bits per heavy atom. The summed E-state index contributed by atoms with van der Waals surface area (Å²) in [6.45, 7) is 0.313. The Bertz CT molecular complexity index is 1530. The van der Waals surface area contributed by atoms with Gasteiger partial charge in [-0.3, -0.25) is 14.9 Å². The van der Waals surface area contributed by atoms with Crippen LogP contribution in [-0.2, 0) is 12.3 Å². The van der Waals surface area contributed by atoms with E-state index < -0.39 is 4.92 Å². The summed E-state index contributed by atoms with van der Waals surface area (Å²) < 4.78 is 7.26. The topological polar surface area (TPSA) is 117 Å². The first kappa shape index (κ1) is 21.5. The molecule has 5 aromatic rings. The summed E-state index contributed by atoms with van der Waals surface area (Å²) in [5.41, 5.74) is 2.10. The molecule has 5 rings (SSSR count). The predicted octanol–water partition coefficient (Wildman–Crippen LogP) is 4.70. The zero-order valence-electron chi connectivity index (χ0n) is 17.7. The molecule has 0 saturated heterocycles. The number of nitro benzene ring substituents is 1. The van der Waals surface area contributed by atoms with Crippen LogP contribution in [0.5, 0.6) is 0 Å². The number of non-ortho nitro benzene ring substituents is 1. The maximum absolute atomic E-state index is 13.0. The predicted molar refractivity (Wildman–Crippen MR) is 127 cm³/mol. The quantitative estimate of drug-likeness (QED) is 0.191. The molecular weight excluding hydrogens is 454 g/mol. The van der Waals surface area contributed by atoms with Gasteiger partial charge in [-0.15, -0.1) is 10.2 Å². The number of hydrogen-bond acceptors (Lipinski definition) is 8. The average Bonchev–Trinajstić information content (AvgIpc) is 3.34. The standard InChI is InChI=1S/C24H17N5O4S/c30-23-20-9-5-4-8-19(20)21(27-28(23)14-16-6-2-1-3-7-16)22-25-26-24(33-22)34-15-17-10-12-18(13-11-17)29(31)32/h1-13H,14-15H2. The van der Waals surface area contributed by atoms with E-state index in [1.165, 1.54) is 28.6 Å². The summed E-state index contributed by atoms with van der Waals surface area (Å²) in [4.78, 5) is 23.4. The molecule has 168 valence electrons. The minimum absolute atomic E-state index is 0.0393. The molecule has 0 saturated carbocycles. The normalized spacial score (nSPS) is 11.1. The molecular formula is C24H17N5O4S. The van der Waals surface area contributed by atoms with Gasteiger partial charge in [0.1, 0.15) is 0 Å². The number of thioether (sulfide) groups is 1. The number of benzene rings is 3. The second kappa shape index (κ2) is 9.28. The van der Waals surface area contributed by atoms with Crippen LogP contribution in [0.4, 0.5) is 5.69 Å². The first-order chi connectivity index (χ1) is 16.6. The summed E-state index contributed by atoms with van der Waals surface area (Å²) in [7, 11) is 0. The molecule has 0 atom stereocenters. The minimum Gasteiger partial charge on any atom is -0.409 e. The van der Waals surface area contributed by atoms with Crippen LogP contribution >= 0.6 is 11.8 Å². The molecule has 0 N–H and O–H groups in total. The minimum atomic E-state index is -0.435. The van der Waals surface area contributed by atoms with E-state index in [4.69, 9.17) is 4.42 Å². The highest BCUT2D eigenvalue weighted by molar-refractivity contribution is 7.98. The maximum Gasteiger partial charge on any atom is 0.277 e. The molecule has 0 aliphatic heterocycles. The fourth-order valence-corrected chi connectivity index (χ4v) is 4.20. The number of hydrogen-bond donors (Lipinski definition) is 0. The van der Waals surface area contributed by atoms with Gasteiger partial charge in [-0.1, -0.05) is 72.4 Å². The molecule has 0 bridgehead atoms. The van der Waals surface area contributed by atoms with E-state index in [1.54, 1.807) is 30.3 Å². The number of aromatic nitrogens is 4. The van der Waals surface area contributed by atoms with Crippen LogP contribution in [0.3, 0.4) is 0 Å². The molecule has 0 fully saturated rings. The van der Waals surface area contributed by atoms with Gasteiger partial charge in [0, 0.05) is 23.3 Å². The molecule has 2 aromatic heterocycles. The lowest BCUT2D eigenvalue weighted by atomic mass is 10.1. The Balaban J connectivity index is 1.44. The lowest BCUT2D eigenvalue weighted by Crippen LogP contribution is -2.24. The number of rotatable bonds is 7. The number of nitro groups is 1. The number of fused-ring (bicyclic) bond motifs is 1. The van der Waals surface area contributed by atoms with Gasteiger partial charge in [-0.25, -0.2) is 4.68 Å². The van der Waals surface area contributed by atoms with Crippen LogP contribution in [-0.4, -0.2) is 24.9 Å². The highest BCUT2D eigenvalue weighted by Gasteiger charge is 2.18. The van der Waals surface area contributed by atoms with Crippen LogP contribution < -0.4 is 5.56 Å². The van der Waals surface area contributed by atoms with Crippen LogP contribution in [0.1, 0.15) is 11.1 Å². The van der Waals surface area contributed by atoms with E-state index in [1.807, 2.05) is 36.4 Å². The zero-order chi connectivity index (χ0) is 23.5. The van der Waals surface area contributed by atoms with Crippen molar-refractivity contribution in [3.8, 4) is 11.6 Å². The van der Waals surface area contributed by atoms with Gasteiger partial charge in [0.2, 0.25) is 0 Å². The van der Waals surface area contributed by atoms with E-state index in [0.29, 0.717) is 34.0 Å². The molecule has 3 aromatic carbocycles. The molecule has 0 radical (unpaired) electrons. The second-order valence-electron chi connectivity index (χ2n) is 7.43. The Morgan fingerprint density at radius 3 is 2.32 bits per heavy atom. The van der Waals surface area contributed by atoms with E-state index in [9.17, 15) is 14.9 Å². The highest BCUT2D eigenvalue weighted by Crippen LogP contribution is 2.28. The summed E-state index contributed by atoms with van der Waals surface area (Å²) >= 11 is 1.31. The van der Waals surface area contributed by atoms with Crippen molar-refractivity contribution < 1.29 is 9.34 Å². The van der Waals surface area contributed by atoms with Crippen molar-refractivity contribution in [1.82, 2.24) is 20.0 Å². The van der Waals surface area contributed by atoms with E-state index in [-0.39, 0.29) is 17.1 Å². The Kier molecular flexibility index (Phi) is 5.88. The fraction of sp³-hybridized carbons (Fsp3) is 0.0833. The Hall–Kier alpha value is -4.31. The Morgan fingerprint density at radius 2 is 1.59 bits per heavy atom. The van der Waals surface area contributed by atoms with Crippen molar-refractivity contribution in [3.63, 3.8) is 0 Å². The average molecular weight is 471 g/mol. The second-order valence-corrected chi connectivity index (χ2v) is 8.35. The van der Waals surface area contributed by atoms with Crippen molar-refractivity contribution in [3.05, 3.63) is 110 Å². The van der Waals surface area contributed by atoms with Crippen molar-refractivity contribution in [1.29, 1.82) is 0 Å². The lowest BCUT2D eigenvalue weighted by molar-refractivity contribution is -0.384. The first-order valence-electron chi connectivity index (χ1n) is 10.3. The smallest absolute Gasteiger partial charge is 0.277 e. The molecule has 0 aliphatic rings. The summed E-state index contributed by atoms with van der Waals surface area (Å²) in [5, 5.41) is 25.1. The number of nitrogens with zero attached hydrogens (tertiary/aromatic N) is 5. The van der Waals surface area contributed by atoms with Gasteiger partial charge in [0.25, 0.3) is 22.4 Å². The third-order valence-corrected chi connectivity index (χ3v) is 6.05. The third kappa shape index (κ3) is 4.44. The molecule has 0 amide bonds. The molecule has 0 aliphatic carbocycles. The van der Waals surface area contributed by atoms with Crippen molar-refractivity contribution in [2.75, 3.05) is 0 Å².